The molecule has 1 aromatic heterocycles. The van der Waals surface area contributed by atoms with Crippen molar-refractivity contribution in [2.75, 3.05) is 39.3 Å². The Labute approximate surface area is 148 Å². The van der Waals surface area contributed by atoms with Crippen LogP contribution in [0.3, 0.4) is 0 Å². The van der Waals surface area contributed by atoms with Gasteiger partial charge in [-0.2, -0.15) is 0 Å². The van der Waals surface area contributed by atoms with Crippen LogP contribution in [0.1, 0.15) is 19.2 Å². The normalized spacial score (nSPS) is 16.0. The molecule has 0 saturated carbocycles. The van der Waals surface area contributed by atoms with Crippen LogP contribution in [-0.2, 0) is 11.3 Å². The smallest absolute Gasteiger partial charge is 0.234 e. The molecule has 6 heteroatoms. The molecule has 2 aromatic rings. The molecule has 3 rings (SSSR count). The average Bonchev–Trinajstić information content (AvgIpc) is 3.11. The SMILES string of the molecule is CCCNC(=O)CN1CCN(Cc2ncc(-c3ccccc3)o2)CC1. The molecule has 1 aliphatic rings. The van der Waals surface area contributed by atoms with E-state index in [2.05, 4.69) is 27.0 Å². The molecule has 0 atom stereocenters. The summed E-state index contributed by atoms with van der Waals surface area (Å²) in [5, 5.41) is 2.93. The van der Waals surface area contributed by atoms with Crippen LogP contribution in [0.4, 0.5) is 0 Å². The number of amides is 1. The van der Waals surface area contributed by atoms with Crippen molar-refractivity contribution in [2.45, 2.75) is 19.9 Å². The number of benzene rings is 1. The minimum Gasteiger partial charge on any atom is -0.439 e. The first-order chi connectivity index (χ1) is 12.2. The van der Waals surface area contributed by atoms with E-state index in [9.17, 15) is 4.79 Å². The van der Waals surface area contributed by atoms with Crippen molar-refractivity contribution < 1.29 is 9.21 Å². The standard InChI is InChI=1S/C19H26N4O2/c1-2-8-20-18(24)14-22-9-11-23(12-10-22)15-19-21-13-17(25-19)16-6-4-3-5-7-16/h3-7,13H,2,8-12,14-15H2,1H3,(H,20,24). The number of aromatic nitrogens is 1. The fourth-order valence-corrected chi connectivity index (χ4v) is 2.94. The Balaban J connectivity index is 1.45. The van der Waals surface area contributed by atoms with Gasteiger partial charge in [0.05, 0.1) is 19.3 Å². The lowest BCUT2D eigenvalue weighted by Gasteiger charge is -2.33. The Morgan fingerprint density at radius 3 is 2.60 bits per heavy atom. The minimum atomic E-state index is 0.121. The van der Waals surface area contributed by atoms with Crippen LogP contribution >= 0.6 is 0 Å². The van der Waals surface area contributed by atoms with Gasteiger partial charge >= 0.3 is 0 Å². The average molecular weight is 342 g/mol. The molecule has 2 heterocycles. The van der Waals surface area contributed by atoms with Crippen LogP contribution in [0.15, 0.2) is 40.9 Å². The summed E-state index contributed by atoms with van der Waals surface area (Å²) in [7, 11) is 0. The number of hydrogen-bond donors (Lipinski definition) is 1. The molecule has 1 aromatic carbocycles. The maximum Gasteiger partial charge on any atom is 0.234 e. The van der Waals surface area contributed by atoms with E-state index in [1.807, 2.05) is 30.3 Å². The molecule has 25 heavy (non-hydrogen) atoms. The number of nitrogens with zero attached hydrogens (tertiary/aromatic N) is 3. The predicted octanol–water partition coefficient (Wildman–Crippen LogP) is 1.99. The highest BCUT2D eigenvalue weighted by molar-refractivity contribution is 5.77. The van der Waals surface area contributed by atoms with Gasteiger partial charge in [-0.15, -0.1) is 0 Å². The van der Waals surface area contributed by atoms with Crippen LogP contribution in [0.2, 0.25) is 0 Å². The van der Waals surface area contributed by atoms with E-state index in [0.717, 1.165) is 56.4 Å². The fourth-order valence-electron chi connectivity index (χ4n) is 2.94. The Bertz CT molecular complexity index is 663. The van der Waals surface area contributed by atoms with Crippen molar-refractivity contribution in [3.05, 3.63) is 42.4 Å². The number of hydrogen-bond acceptors (Lipinski definition) is 5. The summed E-state index contributed by atoms with van der Waals surface area (Å²) in [6, 6.07) is 10.0. The number of oxazole rings is 1. The highest BCUT2D eigenvalue weighted by Crippen LogP contribution is 2.20. The summed E-state index contributed by atoms with van der Waals surface area (Å²) in [5.41, 5.74) is 1.05. The third kappa shape index (κ3) is 5.14. The van der Waals surface area contributed by atoms with Gasteiger partial charge in [0.15, 0.2) is 5.76 Å². The highest BCUT2D eigenvalue weighted by Gasteiger charge is 2.20. The lowest BCUT2D eigenvalue weighted by atomic mass is 10.2. The molecular formula is C19H26N4O2. The summed E-state index contributed by atoms with van der Waals surface area (Å²) in [6.45, 7) is 7.65. The first kappa shape index (κ1) is 17.6. The molecule has 134 valence electrons. The number of piperazine rings is 1. The zero-order valence-electron chi connectivity index (χ0n) is 14.8. The van der Waals surface area contributed by atoms with Crippen LogP contribution in [0.5, 0.6) is 0 Å². The van der Waals surface area contributed by atoms with Crippen molar-refractivity contribution in [1.82, 2.24) is 20.1 Å². The van der Waals surface area contributed by atoms with Gasteiger partial charge in [0.1, 0.15) is 0 Å². The molecular weight excluding hydrogens is 316 g/mol. The van der Waals surface area contributed by atoms with Crippen molar-refractivity contribution in [1.29, 1.82) is 0 Å². The summed E-state index contributed by atoms with van der Waals surface area (Å²) in [4.78, 5) is 20.7. The third-order valence-electron chi connectivity index (χ3n) is 4.38. The number of carbonyl (C=O) groups excluding carboxylic acids is 1. The predicted molar refractivity (Wildman–Crippen MR) is 97.0 cm³/mol. The quantitative estimate of drug-likeness (QED) is 0.834. The van der Waals surface area contributed by atoms with E-state index in [-0.39, 0.29) is 5.91 Å². The first-order valence-corrected chi connectivity index (χ1v) is 8.96. The Hall–Kier alpha value is -2.18. The highest BCUT2D eigenvalue weighted by atomic mass is 16.4. The zero-order chi connectivity index (χ0) is 17.5. The second-order valence-electron chi connectivity index (χ2n) is 6.39. The van der Waals surface area contributed by atoms with Gasteiger partial charge in [-0.25, -0.2) is 4.98 Å². The second-order valence-corrected chi connectivity index (χ2v) is 6.39. The van der Waals surface area contributed by atoms with Gasteiger partial charge in [-0.1, -0.05) is 37.3 Å². The molecule has 0 aliphatic carbocycles. The van der Waals surface area contributed by atoms with Gasteiger partial charge in [-0.3, -0.25) is 14.6 Å². The summed E-state index contributed by atoms with van der Waals surface area (Å²) in [5.74, 6) is 1.67. The van der Waals surface area contributed by atoms with Crippen LogP contribution in [-0.4, -0.2) is 60.0 Å². The molecule has 1 amide bonds. The fraction of sp³-hybridized carbons (Fsp3) is 0.474. The Morgan fingerprint density at radius 1 is 1.16 bits per heavy atom. The largest absolute Gasteiger partial charge is 0.439 e. The zero-order valence-corrected chi connectivity index (χ0v) is 14.8. The maximum absolute atomic E-state index is 11.8. The van der Waals surface area contributed by atoms with E-state index >= 15 is 0 Å². The van der Waals surface area contributed by atoms with Gasteiger partial charge < -0.3 is 9.73 Å². The topological polar surface area (TPSA) is 61.6 Å². The van der Waals surface area contributed by atoms with Crippen molar-refractivity contribution >= 4 is 5.91 Å². The molecule has 1 saturated heterocycles. The lowest BCUT2D eigenvalue weighted by Crippen LogP contribution is -2.49. The van der Waals surface area contributed by atoms with Crippen LogP contribution < -0.4 is 5.32 Å². The minimum absolute atomic E-state index is 0.121. The van der Waals surface area contributed by atoms with Crippen molar-refractivity contribution in [3.63, 3.8) is 0 Å². The molecule has 0 bridgehead atoms. The van der Waals surface area contributed by atoms with Gasteiger partial charge in [0.2, 0.25) is 11.8 Å². The molecule has 0 spiro atoms. The summed E-state index contributed by atoms with van der Waals surface area (Å²) >= 11 is 0. The van der Waals surface area contributed by atoms with E-state index < -0.39 is 0 Å². The van der Waals surface area contributed by atoms with Crippen molar-refractivity contribution in [3.8, 4) is 11.3 Å². The van der Waals surface area contributed by atoms with E-state index in [1.165, 1.54) is 0 Å². The number of rotatable bonds is 7. The lowest BCUT2D eigenvalue weighted by molar-refractivity contribution is -0.122. The van der Waals surface area contributed by atoms with Crippen LogP contribution in [0, 0.1) is 0 Å². The number of carbonyl (C=O) groups is 1. The molecule has 1 aliphatic heterocycles. The number of nitrogens with one attached hydrogen (secondary N) is 1. The van der Waals surface area contributed by atoms with E-state index in [1.54, 1.807) is 6.20 Å². The molecule has 1 N–H and O–H groups in total. The van der Waals surface area contributed by atoms with Gasteiger partial charge in [0.25, 0.3) is 0 Å². The maximum atomic E-state index is 11.8. The molecule has 0 unspecified atom stereocenters. The Morgan fingerprint density at radius 2 is 1.88 bits per heavy atom. The van der Waals surface area contributed by atoms with Crippen molar-refractivity contribution in [2.24, 2.45) is 0 Å². The molecule has 0 radical (unpaired) electrons. The summed E-state index contributed by atoms with van der Waals surface area (Å²) < 4.78 is 5.88. The Kier molecular flexibility index (Phi) is 6.19. The van der Waals surface area contributed by atoms with Gasteiger partial charge in [0, 0.05) is 38.3 Å². The van der Waals surface area contributed by atoms with Crippen LogP contribution in [0.25, 0.3) is 11.3 Å². The third-order valence-corrected chi connectivity index (χ3v) is 4.38. The molecule has 1 fully saturated rings. The summed E-state index contributed by atoms with van der Waals surface area (Å²) in [6.07, 6.45) is 2.76. The van der Waals surface area contributed by atoms with E-state index in [4.69, 9.17) is 4.42 Å². The molecule has 6 nitrogen and oxygen atoms in total. The second kappa shape index (κ2) is 8.78. The van der Waals surface area contributed by atoms with Gasteiger partial charge in [-0.05, 0) is 6.42 Å². The first-order valence-electron chi connectivity index (χ1n) is 8.96. The monoisotopic (exact) mass is 342 g/mol. The van der Waals surface area contributed by atoms with E-state index in [0.29, 0.717) is 13.1 Å².